The van der Waals surface area contributed by atoms with Crippen molar-refractivity contribution in [2.24, 2.45) is 0 Å². The van der Waals surface area contributed by atoms with Crippen LogP contribution in [0.3, 0.4) is 0 Å². The van der Waals surface area contributed by atoms with Crippen LogP contribution < -0.4 is 10.1 Å². The maximum atomic E-state index is 12.5. The van der Waals surface area contributed by atoms with Crippen LogP contribution in [-0.4, -0.2) is 23.0 Å². The smallest absolute Gasteiger partial charge is 0.270 e. The fourth-order valence-electron chi connectivity index (χ4n) is 2.81. The number of rotatable bonds is 5. The first-order valence-corrected chi connectivity index (χ1v) is 8.46. The van der Waals surface area contributed by atoms with Gasteiger partial charge >= 0.3 is 0 Å². The fraction of sp³-hybridized carbons (Fsp3) is 0.0952. The zero-order chi connectivity index (χ0) is 18.6. The summed E-state index contributed by atoms with van der Waals surface area (Å²) in [5.74, 6) is 1.18. The van der Waals surface area contributed by atoms with Gasteiger partial charge in [0.1, 0.15) is 5.69 Å². The molecule has 2 heterocycles. The van der Waals surface area contributed by atoms with Gasteiger partial charge in [0.05, 0.1) is 19.9 Å². The molecule has 1 amide bonds. The molecule has 2 aromatic heterocycles. The molecule has 0 unspecified atom stereocenters. The van der Waals surface area contributed by atoms with Crippen LogP contribution >= 0.6 is 0 Å². The number of ether oxygens (including phenoxy) is 1. The van der Waals surface area contributed by atoms with Gasteiger partial charge in [-0.1, -0.05) is 48.5 Å². The van der Waals surface area contributed by atoms with Gasteiger partial charge < -0.3 is 14.5 Å². The number of fused-ring (bicyclic) bond motifs is 1. The summed E-state index contributed by atoms with van der Waals surface area (Å²) in [4.78, 5) is 21.0. The Labute approximate surface area is 155 Å². The highest BCUT2D eigenvalue weighted by atomic mass is 16.5. The largest absolute Gasteiger partial charge is 0.481 e. The first-order chi connectivity index (χ1) is 13.2. The zero-order valence-electron chi connectivity index (χ0n) is 14.7. The second-order valence-electron chi connectivity index (χ2n) is 5.90. The molecule has 0 aliphatic rings. The molecule has 0 aliphatic heterocycles. The molecule has 0 bridgehead atoms. The number of hydrogen-bond acceptors (Lipinski definition) is 5. The van der Waals surface area contributed by atoms with E-state index in [0.29, 0.717) is 17.5 Å². The minimum Gasteiger partial charge on any atom is -0.481 e. The summed E-state index contributed by atoms with van der Waals surface area (Å²) in [7, 11) is 1.54. The number of aromatic nitrogens is 2. The van der Waals surface area contributed by atoms with Crippen LogP contribution in [0.4, 0.5) is 0 Å². The molecule has 0 saturated heterocycles. The van der Waals surface area contributed by atoms with Crippen LogP contribution in [0.1, 0.15) is 16.4 Å². The Hall–Kier alpha value is -3.67. The molecule has 0 fully saturated rings. The molecular weight excluding hydrogens is 342 g/mol. The summed E-state index contributed by atoms with van der Waals surface area (Å²) in [6.07, 6.45) is 1.65. The molecule has 0 radical (unpaired) electrons. The van der Waals surface area contributed by atoms with Crippen molar-refractivity contribution in [2.45, 2.75) is 6.54 Å². The SMILES string of the molecule is COc1nc(C(=O)NCc2ncc(-c3ccccc3)o2)cc2ccccc12. The fourth-order valence-corrected chi connectivity index (χ4v) is 2.81. The average Bonchev–Trinajstić information content (AvgIpc) is 3.21. The second-order valence-corrected chi connectivity index (χ2v) is 5.90. The van der Waals surface area contributed by atoms with Crippen molar-refractivity contribution in [3.63, 3.8) is 0 Å². The lowest BCUT2D eigenvalue weighted by atomic mass is 10.1. The van der Waals surface area contributed by atoms with Gasteiger partial charge in [-0.2, -0.15) is 0 Å². The van der Waals surface area contributed by atoms with E-state index in [1.54, 1.807) is 12.3 Å². The van der Waals surface area contributed by atoms with Crippen molar-refractivity contribution >= 4 is 16.7 Å². The highest BCUT2D eigenvalue weighted by Gasteiger charge is 2.14. The maximum Gasteiger partial charge on any atom is 0.270 e. The van der Waals surface area contributed by atoms with E-state index in [0.717, 1.165) is 16.3 Å². The van der Waals surface area contributed by atoms with E-state index in [9.17, 15) is 4.79 Å². The van der Waals surface area contributed by atoms with Gasteiger partial charge in [-0.25, -0.2) is 9.97 Å². The van der Waals surface area contributed by atoms with Gasteiger partial charge in [-0.3, -0.25) is 4.79 Å². The summed E-state index contributed by atoms with van der Waals surface area (Å²) in [6, 6.07) is 19.0. The number of oxazole rings is 1. The van der Waals surface area contributed by atoms with Crippen LogP contribution in [-0.2, 0) is 6.54 Å². The van der Waals surface area contributed by atoms with Crippen molar-refractivity contribution < 1.29 is 13.9 Å². The summed E-state index contributed by atoms with van der Waals surface area (Å²) in [5, 5.41) is 4.53. The summed E-state index contributed by atoms with van der Waals surface area (Å²) in [5.41, 5.74) is 1.21. The van der Waals surface area contributed by atoms with E-state index in [1.165, 1.54) is 7.11 Å². The molecule has 1 N–H and O–H groups in total. The van der Waals surface area contributed by atoms with Gasteiger partial charge in [0.2, 0.25) is 11.8 Å². The van der Waals surface area contributed by atoms with Crippen LogP contribution in [0.2, 0.25) is 0 Å². The van der Waals surface area contributed by atoms with Crippen molar-refractivity contribution in [3.05, 3.63) is 78.4 Å². The van der Waals surface area contributed by atoms with E-state index in [2.05, 4.69) is 15.3 Å². The molecule has 4 aromatic rings. The number of carbonyl (C=O) groups is 1. The summed E-state index contributed by atoms with van der Waals surface area (Å²) < 4.78 is 11.0. The molecule has 27 heavy (non-hydrogen) atoms. The number of nitrogens with one attached hydrogen (secondary N) is 1. The van der Waals surface area contributed by atoms with Gasteiger partial charge in [0.15, 0.2) is 5.76 Å². The predicted octanol–water partition coefficient (Wildman–Crippen LogP) is 3.83. The zero-order valence-corrected chi connectivity index (χ0v) is 14.7. The lowest BCUT2D eigenvalue weighted by molar-refractivity contribution is 0.0941. The first kappa shape index (κ1) is 16.8. The van der Waals surface area contributed by atoms with E-state index in [4.69, 9.17) is 9.15 Å². The Kier molecular flexibility index (Phi) is 4.53. The Bertz CT molecular complexity index is 1090. The van der Waals surface area contributed by atoms with Crippen LogP contribution in [0.15, 0.2) is 71.3 Å². The highest BCUT2D eigenvalue weighted by Crippen LogP contribution is 2.24. The molecule has 6 nitrogen and oxygen atoms in total. The van der Waals surface area contributed by atoms with Crippen LogP contribution in [0.25, 0.3) is 22.1 Å². The molecular formula is C21H17N3O3. The Balaban J connectivity index is 1.50. The molecule has 4 rings (SSSR count). The van der Waals surface area contributed by atoms with E-state index in [-0.39, 0.29) is 18.1 Å². The van der Waals surface area contributed by atoms with Crippen molar-refractivity contribution in [2.75, 3.05) is 7.11 Å². The quantitative estimate of drug-likeness (QED) is 0.586. The molecule has 0 saturated carbocycles. The first-order valence-electron chi connectivity index (χ1n) is 8.46. The van der Waals surface area contributed by atoms with E-state index in [1.807, 2.05) is 54.6 Å². The molecule has 134 valence electrons. The van der Waals surface area contributed by atoms with Crippen molar-refractivity contribution in [3.8, 4) is 17.2 Å². The Morgan fingerprint density at radius 2 is 1.89 bits per heavy atom. The minimum atomic E-state index is -0.321. The topological polar surface area (TPSA) is 77.2 Å². The predicted molar refractivity (Wildman–Crippen MR) is 101 cm³/mol. The third-order valence-corrected chi connectivity index (χ3v) is 4.14. The minimum absolute atomic E-state index is 0.169. The van der Waals surface area contributed by atoms with Crippen LogP contribution in [0, 0.1) is 0 Å². The lowest BCUT2D eigenvalue weighted by Gasteiger charge is -2.08. The summed E-state index contributed by atoms with van der Waals surface area (Å²) in [6.45, 7) is 0.169. The summed E-state index contributed by atoms with van der Waals surface area (Å²) >= 11 is 0. The maximum absolute atomic E-state index is 12.5. The lowest BCUT2D eigenvalue weighted by Crippen LogP contribution is -2.24. The molecule has 0 spiro atoms. The van der Waals surface area contributed by atoms with Crippen molar-refractivity contribution in [1.82, 2.24) is 15.3 Å². The van der Waals surface area contributed by atoms with Crippen LogP contribution in [0.5, 0.6) is 5.88 Å². The number of benzene rings is 2. The van der Waals surface area contributed by atoms with Gasteiger partial charge in [0.25, 0.3) is 5.91 Å². The number of carbonyl (C=O) groups excluding carboxylic acids is 1. The second kappa shape index (κ2) is 7.29. The molecule has 6 heteroatoms. The van der Waals surface area contributed by atoms with E-state index < -0.39 is 0 Å². The Morgan fingerprint density at radius 3 is 2.70 bits per heavy atom. The normalized spacial score (nSPS) is 10.7. The van der Waals surface area contributed by atoms with Gasteiger partial charge in [-0.05, 0) is 17.5 Å². The standard InChI is InChI=1S/C21H17N3O3/c1-26-21-16-10-6-5-9-15(16)11-17(24-21)20(25)23-13-19-22-12-18(27-19)14-7-3-2-4-8-14/h2-12H,13H2,1H3,(H,23,25). The number of hydrogen-bond donors (Lipinski definition) is 1. The van der Waals surface area contributed by atoms with Crippen molar-refractivity contribution in [1.29, 1.82) is 0 Å². The van der Waals surface area contributed by atoms with Gasteiger partial charge in [0, 0.05) is 10.9 Å². The Morgan fingerprint density at radius 1 is 1.11 bits per heavy atom. The molecule has 0 aliphatic carbocycles. The molecule has 2 aromatic carbocycles. The third kappa shape index (κ3) is 3.50. The average molecular weight is 359 g/mol. The number of pyridine rings is 1. The number of methoxy groups -OCH3 is 1. The monoisotopic (exact) mass is 359 g/mol. The third-order valence-electron chi connectivity index (χ3n) is 4.14. The number of amides is 1. The van der Waals surface area contributed by atoms with Gasteiger partial charge in [-0.15, -0.1) is 0 Å². The highest BCUT2D eigenvalue weighted by molar-refractivity contribution is 5.98. The van der Waals surface area contributed by atoms with E-state index >= 15 is 0 Å². The number of nitrogens with zero attached hydrogens (tertiary/aromatic N) is 2. The molecule has 0 atom stereocenters.